The summed E-state index contributed by atoms with van der Waals surface area (Å²) in [5.41, 5.74) is 2.06. The van der Waals surface area contributed by atoms with Crippen LogP contribution in [0, 0.1) is 17.1 Å². The van der Waals surface area contributed by atoms with Crippen molar-refractivity contribution in [1.82, 2.24) is 15.5 Å². The lowest BCUT2D eigenvalue weighted by Crippen LogP contribution is -2.42. The molecule has 0 aliphatic carbocycles. The van der Waals surface area contributed by atoms with Gasteiger partial charge in [-0.15, -0.1) is 0 Å². The lowest BCUT2D eigenvalue weighted by molar-refractivity contribution is 0.245. The first kappa shape index (κ1) is 22.6. The molecule has 1 aliphatic heterocycles. The second-order valence-electron chi connectivity index (χ2n) is 7.53. The fourth-order valence-electron chi connectivity index (χ4n) is 3.80. The van der Waals surface area contributed by atoms with Gasteiger partial charge >= 0.3 is 0 Å². The number of guanidine groups is 1. The van der Waals surface area contributed by atoms with Gasteiger partial charge in [-0.1, -0.05) is 12.1 Å². The first-order valence-electron chi connectivity index (χ1n) is 10.7. The molecule has 31 heavy (non-hydrogen) atoms. The molecule has 1 heterocycles. The summed E-state index contributed by atoms with van der Waals surface area (Å²) in [5.74, 6) is 1.11. The van der Waals surface area contributed by atoms with E-state index in [2.05, 4.69) is 32.7 Å². The Morgan fingerprint density at radius 1 is 1.19 bits per heavy atom. The Labute approximate surface area is 183 Å². The van der Waals surface area contributed by atoms with Crippen molar-refractivity contribution >= 4 is 5.96 Å². The SMILES string of the molecule is CCNC(=NCc1cc(C#N)ccc1F)NCC(c1ccc(OC)cc1)N1CCCC1. The number of rotatable bonds is 8. The number of nitriles is 1. The Kier molecular flexibility index (Phi) is 8.25. The molecule has 2 N–H and O–H groups in total. The summed E-state index contributed by atoms with van der Waals surface area (Å²) in [4.78, 5) is 7.03. The molecule has 2 aromatic carbocycles. The van der Waals surface area contributed by atoms with E-state index in [0.717, 1.165) is 18.8 Å². The number of methoxy groups -OCH3 is 1. The van der Waals surface area contributed by atoms with E-state index in [-0.39, 0.29) is 18.4 Å². The number of likely N-dealkylation sites (tertiary alicyclic amines) is 1. The monoisotopic (exact) mass is 423 g/mol. The third-order valence-corrected chi connectivity index (χ3v) is 5.47. The summed E-state index contributed by atoms with van der Waals surface area (Å²) in [6.07, 6.45) is 2.41. The van der Waals surface area contributed by atoms with Gasteiger partial charge in [-0.2, -0.15) is 5.26 Å². The Bertz CT molecular complexity index is 917. The molecule has 0 bridgehead atoms. The molecule has 1 saturated heterocycles. The molecule has 1 aliphatic rings. The number of nitrogens with one attached hydrogen (secondary N) is 2. The summed E-state index contributed by atoms with van der Waals surface area (Å²) in [7, 11) is 1.67. The second kappa shape index (κ2) is 11.3. The molecule has 7 heteroatoms. The van der Waals surface area contributed by atoms with Crippen molar-refractivity contribution in [2.24, 2.45) is 4.99 Å². The third-order valence-electron chi connectivity index (χ3n) is 5.47. The van der Waals surface area contributed by atoms with Crippen molar-refractivity contribution in [1.29, 1.82) is 5.26 Å². The molecular weight excluding hydrogens is 393 g/mol. The van der Waals surface area contributed by atoms with Gasteiger partial charge in [0.25, 0.3) is 0 Å². The third kappa shape index (κ3) is 6.19. The van der Waals surface area contributed by atoms with E-state index in [1.807, 2.05) is 25.1 Å². The topological polar surface area (TPSA) is 72.7 Å². The van der Waals surface area contributed by atoms with Crippen molar-refractivity contribution < 1.29 is 9.13 Å². The zero-order chi connectivity index (χ0) is 22.1. The number of nitrogens with zero attached hydrogens (tertiary/aromatic N) is 3. The zero-order valence-corrected chi connectivity index (χ0v) is 18.2. The standard InChI is InChI=1S/C24H30FN5O/c1-3-27-24(28-16-20-14-18(15-26)6-11-22(20)25)29-17-23(30-12-4-5-13-30)19-7-9-21(31-2)10-8-19/h6-11,14,23H,3-5,12-13,16-17H2,1-2H3,(H2,27,28,29). The van der Waals surface area contributed by atoms with Crippen LogP contribution in [0.25, 0.3) is 0 Å². The molecule has 6 nitrogen and oxygen atoms in total. The van der Waals surface area contributed by atoms with E-state index in [4.69, 9.17) is 10.00 Å². The lowest BCUT2D eigenvalue weighted by Gasteiger charge is -2.29. The Hall–Kier alpha value is -3.11. The van der Waals surface area contributed by atoms with E-state index in [0.29, 0.717) is 30.2 Å². The summed E-state index contributed by atoms with van der Waals surface area (Å²) in [5, 5.41) is 15.7. The van der Waals surface area contributed by atoms with Crippen molar-refractivity contribution in [3.05, 3.63) is 65.0 Å². The molecule has 1 atom stereocenters. The van der Waals surface area contributed by atoms with E-state index in [9.17, 15) is 4.39 Å². The van der Waals surface area contributed by atoms with Crippen LogP contribution in [-0.4, -0.2) is 44.1 Å². The molecule has 0 aromatic heterocycles. The van der Waals surface area contributed by atoms with Crippen LogP contribution in [0.3, 0.4) is 0 Å². The molecule has 0 amide bonds. The van der Waals surface area contributed by atoms with Crippen molar-refractivity contribution in [3.8, 4) is 11.8 Å². The van der Waals surface area contributed by atoms with Gasteiger partial charge in [0.15, 0.2) is 5.96 Å². The molecule has 0 spiro atoms. The van der Waals surface area contributed by atoms with Gasteiger partial charge in [0.1, 0.15) is 11.6 Å². The predicted octanol–water partition coefficient (Wildman–Crippen LogP) is 3.60. The first-order valence-corrected chi connectivity index (χ1v) is 10.7. The minimum absolute atomic E-state index is 0.160. The van der Waals surface area contributed by atoms with Gasteiger partial charge in [-0.25, -0.2) is 9.38 Å². The summed E-state index contributed by atoms with van der Waals surface area (Å²) in [6.45, 7) is 5.67. The summed E-state index contributed by atoms with van der Waals surface area (Å²) in [6, 6.07) is 14.8. The number of halogens is 1. The smallest absolute Gasteiger partial charge is 0.191 e. The fourth-order valence-corrected chi connectivity index (χ4v) is 3.80. The van der Waals surface area contributed by atoms with Gasteiger partial charge in [0.2, 0.25) is 0 Å². The molecule has 1 unspecified atom stereocenters. The summed E-state index contributed by atoms with van der Waals surface area (Å²) >= 11 is 0. The number of hydrogen-bond acceptors (Lipinski definition) is 4. The average molecular weight is 424 g/mol. The van der Waals surface area contributed by atoms with E-state index >= 15 is 0 Å². The normalized spacial score (nSPS) is 15.4. The minimum atomic E-state index is -0.355. The zero-order valence-electron chi connectivity index (χ0n) is 18.2. The summed E-state index contributed by atoms with van der Waals surface area (Å²) < 4.78 is 19.4. The van der Waals surface area contributed by atoms with Crippen LogP contribution in [0.5, 0.6) is 5.75 Å². The second-order valence-corrected chi connectivity index (χ2v) is 7.53. The van der Waals surface area contributed by atoms with Crippen LogP contribution in [-0.2, 0) is 6.54 Å². The highest BCUT2D eigenvalue weighted by atomic mass is 19.1. The molecule has 2 aromatic rings. The molecule has 0 saturated carbocycles. The van der Waals surface area contributed by atoms with E-state index < -0.39 is 0 Å². The molecule has 1 fully saturated rings. The number of hydrogen-bond donors (Lipinski definition) is 2. The van der Waals surface area contributed by atoms with Gasteiger partial charge < -0.3 is 15.4 Å². The van der Waals surface area contributed by atoms with Crippen LogP contribution >= 0.6 is 0 Å². The quantitative estimate of drug-likeness (QED) is 0.501. The minimum Gasteiger partial charge on any atom is -0.497 e. The molecule has 164 valence electrons. The van der Waals surface area contributed by atoms with E-state index in [1.54, 1.807) is 13.2 Å². The van der Waals surface area contributed by atoms with Crippen molar-refractivity contribution in [2.45, 2.75) is 32.4 Å². The van der Waals surface area contributed by atoms with Crippen LogP contribution < -0.4 is 15.4 Å². The van der Waals surface area contributed by atoms with Crippen LogP contribution in [0.4, 0.5) is 4.39 Å². The number of ether oxygens (including phenoxy) is 1. The molecule has 3 rings (SSSR count). The van der Waals surface area contributed by atoms with Gasteiger partial charge in [-0.05, 0) is 68.8 Å². The number of benzene rings is 2. The highest BCUT2D eigenvalue weighted by Crippen LogP contribution is 2.26. The Morgan fingerprint density at radius 3 is 2.58 bits per heavy atom. The van der Waals surface area contributed by atoms with Gasteiger partial charge in [0, 0.05) is 18.7 Å². The average Bonchev–Trinajstić information content (AvgIpc) is 3.33. The highest BCUT2D eigenvalue weighted by Gasteiger charge is 2.23. The maximum absolute atomic E-state index is 14.1. The highest BCUT2D eigenvalue weighted by molar-refractivity contribution is 5.79. The maximum Gasteiger partial charge on any atom is 0.191 e. The number of aliphatic imine (C=N–C) groups is 1. The largest absolute Gasteiger partial charge is 0.497 e. The van der Waals surface area contributed by atoms with Crippen LogP contribution in [0.1, 0.15) is 42.5 Å². The fraction of sp³-hybridized carbons (Fsp3) is 0.417. The van der Waals surface area contributed by atoms with Gasteiger partial charge in [0.05, 0.1) is 31.3 Å². The predicted molar refractivity (Wildman–Crippen MR) is 120 cm³/mol. The lowest BCUT2D eigenvalue weighted by atomic mass is 10.1. The molecule has 0 radical (unpaired) electrons. The van der Waals surface area contributed by atoms with Crippen molar-refractivity contribution in [2.75, 3.05) is 33.3 Å². The van der Waals surface area contributed by atoms with Crippen LogP contribution in [0.2, 0.25) is 0 Å². The Balaban J connectivity index is 1.73. The Morgan fingerprint density at radius 2 is 1.94 bits per heavy atom. The van der Waals surface area contributed by atoms with Crippen molar-refractivity contribution in [3.63, 3.8) is 0 Å². The van der Waals surface area contributed by atoms with Crippen LogP contribution in [0.15, 0.2) is 47.5 Å². The maximum atomic E-state index is 14.1. The first-order chi connectivity index (χ1) is 15.1. The van der Waals surface area contributed by atoms with E-state index in [1.165, 1.54) is 30.5 Å². The molecular formula is C24H30FN5O. The van der Waals surface area contributed by atoms with Gasteiger partial charge in [-0.3, -0.25) is 4.90 Å².